The number of benzene rings is 2. The van der Waals surface area contributed by atoms with Gasteiger partial charge in [0.25, 0.3) is 0 Å². The first-order valence-corrected chi connectivity index (χ1v) is 13.0. The van der Waals surface area contributed by atoms with Gasteiger partial charge in [0.1, 0.15) is 6.04 Å². The van der Waals surface area contributed by atoms with E-state index in [2.05, 4.69) is 27.1 Å². The Morgan fingerprint density at radius 2 is 1.73 bits per heavy atom. The van der Waals surface area contributed by atoms with Crippen molar-refractivity contribution in [1.29, 1.82) is 0 Å². The summed E-state index contributed by atoms with van der Waals surface area (Å²) in [6.45, 7) is 10.4. The second-order valence-corrected chi connectivity index (χ2v) is 10.8. The van der Waals surface area contributed by atoms with E-state index >= 15 is 0 Å². The van der Waals surface area contributed by atoms with E-state index in [4.69, 9.17) is 4.74 Å². The molecule has 33 heavy (non-hydrogen) atoms. The minimum absolute atomic E-state index is 0.151. The van der Waals surface area contributed by atoms with E-state index in [9.17, 15) is 13.2 Å². The largest absolute Gasteiger partial charge is 0.379 e. The number of hydrogen-bond acceptors (Lipinski definition) is 5. The van der Waals surface area contributed by atoms with Gasteiger partial charge in [-0.05, 0) is 42.5 Å². The number of sulfonamides is 1. The Morgan fingerprint density at radius 3 is 2.39 bits per heavy atom. The normalized spacial score (nSPS) is 16.0. The molecule has 0 spiro atoms. The fraction of sp³-hybridized carbons (Fsp3) is 0.480. The molecule has 0 saturated carbocycles. The molecule has 0 aliphatic carbocycles. The van der Waals surface area contributed by atoms with Crippen molar-refractivity contribution in [2.45, 2.75) is 51.2 Å². The van der Waals surface area contributed by atoms with Gasteiger partial charge in [-0.2, -0.15) is 4.72 Å². The Morgan fingerprint density at radius 1 is 1.06 bits per heavy atom. The van der Waals surface area contributed by atoms with Gasteiger partial charge < -0.3 is 10.1 Å². The van der Waals surface area contributed by atoms with Crippen molar-refractivity contribution >= 4 is 15.9 Å². The SMILES string of the molecule is Cc1ccc(S(=O)(=O)NC(CC(C)C)C(=O)NCc2cccc(CN3CCOCC3)c2)cc1. The van der Waals surface area contributed by atoms with Crippen LogP contribution in [0.1, 0.15) is 37.0 Å². The number of carbonyl (C=O) groups is 1. The maximum absolute atomic E-state index is 13.0. The highest BCUT2D eigenvalue weighted by atomic mass is 32.2. The molecule has 0 radical (unpaired) electrons. The summed E-state index contributed by atoms with van der Waals surface area (Å²) in [6.07, 6.45) is 0.411. The maximum atomic E-state index is 13.0. The van der Waals surface area contributed by atoms with E-state index in [0.29, 0.717) is 13.0 Å². The maximum Gasteiger partial charge on any atom is 0.241 e. The summed E-state index contributed by atoms with van der Waals surface area (Å²) in [6, 6.07) is 13.9. The molecule has 7 nitrogen and oxygen atoms in total. The Bertz CT molecular complexity index is 1020. The zero-order valence-corrected chi connectivity index (χ0v) is 20.5. The number of rotatable bonds is 10. The second-order valence-electron chi connectivity index (χ2n) is 9.04. The van der Waals surface area contributed by atoms with Gasteiger partial charge in [0.15, 0.2) is 0 Å². The standard InChI is InChI=1S/C25H35N3O4S/c1-19(2)15-24(27-33(30,31)23-9-7-20(3)8-10-23)25(29)26-17-21-5-4-6-22(16-21)18-28-11-13-32-14-12-28/h4-10,16,19,24,27H,11-15,17-18H2,1-3H3,(H,26,29). The molecule has 1 atom stereocenters. The molecule has 1 aliphatic rings. The summed E-state index contributed by atoms with van der Waals surface area (Å²) in [5.74, 6) is -0.170. The number of nitrogens with one attached hydrogen (secondary N) is 2. The van der Waals surface area contributed by atoms with Crippen LogP contribution in [0.25, 0.3) is 0 Å². The van der Waals surface area contributed by atoms with E-state index in [1.54, 1.807) is 24.3 Å². The minimum Gasteiger partial charge on any atom is -0.379 e. The highest BCUT2D eigenvalue weighted by molar-refractivity contribution is 7.89. The van der Waals surface area contributed by atoms with Gasteiger partial charge in [0.05, 0.1) is 18.1 Å². The van der Waals surface area contributed by atoms with Crippen molar-refractivity contribution in [2.24, 2.45) is 5.92 Å². The average molecular weight is 474 g/mol. The highest BCUT2D eigenvalue weighted by Gasteiger charge is 2.26. The quantitative estimate of drug-likeness (QED) is 0.554. The number of ether oxygens (including phenoxy) is 1. The molecule has 0 bridgehead atoms. The topological polar surface area (TPSA) is 87.7 Å². The van der Waals surface area contributed by atoms with Crippen LogP contribution in [-0.4, -0.2) is 51.6 Å². The van der Waals surface area contributed by atoms with Crippen molar-refractivity contribution in [3.63, 3.8) is 0 Å². The molecule has 8 heteroatoms. The molecule has 1 aliphatic heterocycles. The van der Waals surface area contributed by atoms with Crippen molar-refractivity contribution in [1.82, 2.24) is 14.9 Å². The lowest BCUT2D eigenvalue weighted by Crippen LogP contribution is -2.47. The molecule has 0 aromatic heterocycles. The summed E-state index contributed by atoms with van der Waals surface area (Å²) in [4.78, 5) is 15.5. The van der Waals surface area contributed by atoms with E-state index in [1.165, 1.54) is 5.56 Å². The summed E-state index contributed by atoms with van der Waals surface area (Å²) in [5, 5.41) is 2.92. The van der Waals surface area contributed by atoms with E-state index in [1.807, 2.05) is 32.9 Å². The Balaban J connectivity index is 1.63. The molecule has 2 N–H and O–H groups in total. The number of aryl methyl sites for hydroxylation is 1. The zero-order chi connectivity index (χ0) is 23.8. The van der Waals surface area contributed by atoms with Crippen molar-refractivity contribution in [2.75, 3.05) is 26.3 Å². The van der Waals surface area contributed by atoms with Gasteiger partial charge in [-0.3, -0.25) is 9.69 Å². The molecule has 1 heterocycles. The fourth-order valence-corrected chi connectivity index (χ4v) is 5.03. The monoisotopic (exact) mass is 473 g/mol. The lowest BCUT2D eigenvalue weighted by atomic mass is 10.0. The molecule has 3 rings (SSSR count). The number of hydrogen-bond donors (Lipinski definition) is 2. The van der Waals surface area contributed by atoms with Crippen LogP contribution < -0.4 is 10.0 Å². The van der Waals surface area contributed by atoms with Gasteiger partial charge in [0.2, 0.25) is 15.9 Å². The molecule has 1 unspecified atom stereocenters. The van der Waals surface area contributed by atoms with Crippen LogP contribution in [-0.2, 0) is 32.6 Å². The third kappa shape index (κ3) is 7.92. The Hall–Kier alpha value is -2.26. The first kappa shape index (κ1) is 25.4. The van der Waals surface area contributed by atoms with Crippen LogP contribution >= 0.6 is 0 Å². The van der Waals surface area contributed by atoms with Gasteiger partial charge in [0, 0.05) is 26.2 Å². The fourth-order valence-electron chi connectivity index (χ4n) is 3.82. The molecule has 1 saturated heterocycles. The van der Waals surface area contributed by atoms with Crippen molar-refractivity contribution < 1.29 is 17.9 Å². The molecule has 1 amide bonds. The zero-order valence-electron chi connectivity index (χ0n) is 19.7. The smallest absolute Gasteiger partial charge is 0.241 e. The van der Waals surface area contributed by atoms with Crippen LogP contribution in [0.2, 0.25) is 0 Å². The van der Waals surface area contributed by atoms with Crippen LogP contribution in [0.4, 0.5) is 0 Å². The molecule has 180 valence electrons. The predicted octanol–water partition coefficient (Wildman–Crippen LogP) is 2.84. The van der Waals surface area contributed by atoms with Crippen LogP contribution in [0, 0.1) is 12.8 Å². The summed E-state index contributed by atoms with van der Waals surface area (Å²) in [7, 11) is -3.80. The molecule has 2 aromatic carbocycles. The summed E-state index contributed by atoms with van der Waals surface area (Å²) in [5.41, 5.74) is 3.14. The van der Waals surface area contributed by atoms with Crippen LogP contribution in [0.15, 0.2) is 53.4 Å². The van der Waals surface area contributed by atoms with E-state index in [0.717, 1.165) is 44.0 Å². The minimum atomic E-state index is -3.80. The molecular formula is C25H35N3O4S. The Kier molecular flexibility index (Phi) is 9.02. The molecular weight excluding hydrogens is 438 g/mol. The van der Waals surface area contributed by atoms with Crippen molar-refractivity contribution in [3.8, 4) is 0 Å². The number of amides is 1. The number of carbonyl (C=O) groups excluding carboxylic acids is 1. The summed E-state index contributed by atoms with van der Waals surface area (Å²) >= 11 is 0. The number of nitrogens with zero attached hydrogens (tertiary/aromatic N) is 1. The van der Waals surface area contributed by atoms with Crippen molar-refractivity contribution in [3.05, 3.63) is 65.2 Å². The first-order chi connectivity index (χ1) is 15.7. The van der Waals surface area contributed by atoms with Gasteiger partial charge >= 0.3 is 0 Å². The van der Waals surface area contributed by atoms with Crippen LogP contribution in [0.5, 0.6) is 0 Å². The number of morpholine rings is 1. The van der Waals surface area contributed by atoms with Gasteiger partial charge in [-0.1, -0.05) is 55.8 Å². The highest BCUT2D eigenvalue weighted by Crippen LogP contribution is 2.14. The third-order valence-electron chi connectivity index (χ3n) is 5.62. The van der Waals surface area contributed by atoms with Crippen LogP contribution in [0.3, 0.4) is 0 Å². The van der Waals surface area contributed by atoms with Gasteiger partial charge in [-0.25, -0.2) is 8.42 Å². The summed E-state index contributed by atoms with van der Waals surface area (Å²) < 4.78 is 33.7. The predicted molar refractivity (Wildman–Crippen MR) is 129 cm³/mol. The van der Waals surface area contributed by atoms with Gasteiger partial charge in [-0.15, -0.1) is 0 Å². The lowest BCUT2D eigenvalue weighted by molar-refractivity contribution is -0.123. The Labute approximate surface area is 197 Å². The second kappa shape index (κ2) is 11.7. The lowest BCUT2D eigenvalue weighted by Gasteiger charge is -2.26. The molecule has 1 fully saturated rings. The van der Waals surface area contributed by atoms with E-state index in [-0.39, 0.29) is 16.7 Å². The third-order valence-corrected chi connectivity index (χ3v) is 7.11. The molecule has 2 aromatic rings. The first-order valence-electron chi connectivity index (χ1n) is 11.5. The average Bonchev–Trinajstić information content (AvgIpc) is 2.78. The van der Waals surface area contributed by atoms with E-state index < -0.39 is 16.1 Å².